The zero-order chi connectivity index (χ0) is 12.9. The summed E-state index contributed by atoms with van der Waals surface area (Å²) < 4.78 is 0. The molecule has 0 radical (unpaired) electrons. The molecule has 0 saturated heterocycles. The fraction of sp³-hybridized carbons (Fsp3) is 0.615. The van der Waals surface area contributed by atoms with Gasteiger partial charge >= 0.3 is 0 Å². The minimum Gasteiger partial charge on any atom is -0.354 e. The number of hydrogen-bond donors (Lipinski definition) is 2. The van der Waals surface area contributed by atoms with E-state index in [4.69, 9.17) is 5.73 Å². The first kappa shape index (κ1) is 14.2. The number of carbonyl (C=O) groups excluding carboxylic acids is 1. The fourth-order valence-electron chi connectivity index (χ4n) is 1.58. The zero-order valence-electron chi connectivity index (χ0n) is 10.9. The molecule has 0 saturated carbocycles. The first-order valence-corrected chi connectivity index (χ1v) is 6.91. The molecule has 0 spiro atoms. The Hall–Kier alpha value is -0.870. The first-order valence-electron chi connectivity index (χ1n) is 6.10. The van der Waals surface area contributed by atoms with E-state index in [2.05, 4.69) is 19.2 Å². The molecule has 3 N–H and O–H groups in total. The first-order chi connectivity index (χ1) is 7.99. The quantitative estimate of drug-likeness (QED) is 0.818. The average molecular weight is 254 g/mol. The molecule has 1 heterocycles. The van der Waals surface area contributed by atoms with Crippen LogP contribution in [0.5, 0.6) is 0 Å². The van der Waals surface area contributed by atoms with Gasteiger partial charge in [-0.05, 0) is 31.9 Å². The predicted molar refractivity (Wildman–Crippen MR) is 73.3 cm³/mol. The molecule has 17 heavy (non-hydrogen) atoms. The van der Waals surface area contributed by atoms with E-state index in [9.17, 15) is 4.79 Å². The number of nitrogens with two attached hydrogens (primary N) is 1. The van der Waals surface area contributed by atoms with Crippen LogP contribution in [0.2, 0.25) is 0 Å². The molecule has 0 unspecified atom stereocenters. The normalized spacial score (nSPS) is 11.5. The van der Waals surface area contributed by atoms with Crippen molar-refractivity contribution >= 4 is 17.2 Å². The van der Waals surface area contributed by atoms with Crippen molar-refractivity contribution in [3.8, 4) is 0 Å². The van der Waals surface area contributed by atoms with Crippen LogP contribution >= 0.6 is 11.3 Å². The summed E-state index contributed by atoms with van der Waals surface area (Å²) >= 11 is 1.67. The van der Waals surface area contributed by atoms with Crippen molar-refractivity contribution in [1.82, 2.24) is 5.32 Å². The highest BCUT2D eigenvalue weighted by Gasteiger charge is 2.20. The van der Waals surface area contributed by atoms with Crippen molar-refractivity contribution in [2.75, 3.05) is 6.54 Å². The van der Waals surface area contributed by atoms with Gasteiger partial charge in [0.2, 0.25) is 5.91 Å². The monoisotopic (exact) mass is 254 g/mol. The van der Waals surface area contributed by atoms with Crippen LogP contribution in [0.15, 0.2) is 12.1 Å². The van der Waals surface area contributed by atoms with Crippen LogP contribution in [0.4, 0.5) is 0 Å². The van der Waals surface area contributed by atoms with E-state index in [0.29, 0.717) is 13.0 Å². The van der Waals surface area contributed by atoms with Gasteiger partial charge < -0.3 is 11.1 Å². The van der Waals surface area contributed by atoms with Gasteiger partial charge in [0, 0.05) is 21.8 Å². The molecule has 0 fully saturated rings. The largest absolute Gasteiger partial charge is 0.354 e. The van der Waals surface area contributed by atoms with Gasteiger partial charge in [-0.1, -0.05) is 13.8 Å². The SMILES string of the molecule is CCC(N)(CC)CNC(=O)Cc1ccc(C)s1. The molecule has 0 aromatic carbocycles. The van der Waals surface area contributed by atoms with Crippen molar-refractivity contribution in [3.63, 3.8) is 0 Å². The van der Waals surface area contributed by atoms with E-state index in [-0.39, 0.29) is 11.4 Å². The summed E-state index contributed by atoms with van der Waals surface area (Å²) in [6.07, 6.45) is 2.21. The summed E-state index contributed by atoms with van der Waals surface area (Å²) in [4.78, 5) is 14.1. The van der Waals surface area contributed by atoms with E-state index >= 15 is 0 Å². The summed E-state index contributed by atoms with van der Waals surface area (Å²) in [7, 11) is 0. The van der Waals surface area contributed by atoms with E-state index in [1.54, 1.807) is 11.3 Å². The van der Waals surface area contributed by atoms with Crippen LogP contribution in [-0.4, -0.2) is 18.0 Å². The van der Waals surface area contributed by atoms with E-state index in [0.717, 1.165) is 17.7 Å². The highest BCUT2D eigenvalue weighted by molar-refractivity contribution is 7.12. The van der Waals surface area contributed by atoms with Crippen LogP contribution in [0.25, 0.3) is 0 Å². The summed E-state index contributed by atoms with van der Waals surface area (Å²) in [6, 6.07) is 4.05. The summed E-state index contributed by atoms with van der Waals surface area (Å²) in [6.45, 7) is 6.71. The minimum atomic E-state index is -0.263. The third-order valence-electron chi connectivity index (χ3n) is 3.18. The maximum atomic E-state index is 11.7. The third-order valence-corrected chi connectivity index (χ3v) is 4.18. The minimum absolute atomic E-state index is 0.0589. The molecule has 0 aliphatic heterocycles. The van der Waals surface area contributed by atoms with Crippen molar-refractivity contribution in [3.05, 3.63) is 21.9 Å². The Morgan fingerprint density at radius 3 is 2.53 bits per heavy atom. The molecule has 1 aromatic rings. The molecular formula is C13H22N2OS. The summed E-state index contributed by atoms with van der Waals surface area (Å²) in [5, 5.41) is 2.93. The summed E-state index contributed by atoms with van der Waals surface area (Å²) in [5.74, 6) is 0.0589. The number of thiophene rings is 1. The van der Waals surface area contributed by atoms with Crippen molar-refractivity contribution in [2.24, 2.45) is 5.73 Å². The second-order valence-corrected chi connectivity index (χ2v) is 5.91. The molecule has 0 aliphatic rings. The van der Waals surface area contributed by atoms with Gasteiger partial charge in [-0.15, -0.1) is 11.3 Å². The van der Waals surface area contributed by atoms with Crippen molar-refractivity contribution < 1.29 is 4.79 Å². The predicted octanol–water partition coefficient (Wildman–Crippen LogP) is 2.23. The van der Waals surface area contributed by atoms with Crippen molar-refractivity contribution in [1.29, 1.82) is 0 Å². The molecule has 1 aromatic heterocycles. The lowest BCUT2D eigenvalue weighted by Crippen LogP contribution is -2.49. The van der Waals surface area contributed by atoms with E-state index in [1.165, 1.54) is 4.88 Å². The Morgan fingerprint density at radius 1 is 1.41 bits per heavy atom. The van der Waals surface area contributed by atoms with Crippen LogP contribution in [0.3, 0.4) is 0 Å². The topological polar surface area (TPSA) is 55.1 Å². The molecular weight excluding hydrogens is 232 g/mol. The molecule has 96 valence electrons. The molecule has 0 bridgehead atoms. The second-order valence-electron chi connectivity index (χ2n) is 4.54. The van der Waals surface area contributed by atoms with Gasteiger partial charge in [0.05, 0.1) is 6.42 Å². The number of aryl methyl sites for hydroxylation is 1. The lowest BCUT2D eigenvalue weighted by molar-refractivity contribution is -0.120. The lowest BCUT2D eigenvalue weighted by Gasteiger charge is -2.26. The van der Waals surface area contributed by atoms with Crippen LogP contribution < -0.4 is 11.1 Å². The van der Waals surface area contributed by atoms with Crippen LogP contribution in [0, 0.1) is 6.92 Å². The van der Waals surface area contributed by atoms with Crippen LogP contribution in [0.1, 0.15) is 36.4 Å². The Labute approximate surface area is 107 Å². The standard InChI is InChI=1S/C13H22N2OS/c1-4-13(14,5-2)9-15-12(16)8-11-7-6-10(3)17-11/h6-7H,4-5,8-9,14H2,1-3H3,(H,15,16). The van der Waals surface area contributed by atoms with Gasteiger partial charge in [-0.2, -0.15) is 0 Å². The number of amides is 1. The van der Waals surface area contributed by atoms with Gasteiger partial charge in [0.25, 0.3) is 0 Å². The maximum absolute atomic E-state index is 11.7. The highest BCUT2D eigenvalue weighted by Crippen LogP contribution is 2.15. The number of carbonyl (C=O) groups is 1. The molecule has 1 amide bonds. The van der Waals surface area contributed by atoms with Gasteiger partial charge in [-0.25, -0.2) is 0 Å². The van der Waals surface area contributed by atoms with E-state index in [1.807, 2.05) is 19.1 Å². The molecule has 3 nitrogen and oxygen atoms in total. The average Bonchev–Trinajstić information content (AvgIpc) is 2.72. The molecule has 1 rings (SSSR count). The Morgan fingerprint density at radius 2 is 2.06 bits per heavy atom. The number of hydrogen-bond acceptors (Lipinski definition) is 3. The second kappa shape index (κ2) is 6.17. The van der Waals surface area contributed by atoms with Gasteiger partial charge in [-0.3, -0.25) is 4.79 Å². The smallest absolute Gasteiger partial charge is 0.225 e. The Bertz CT molecular complexity index is 369. The lowest BCUT2D eigenvalue weighted by atomic mass is 9.94. The zero-order valence-corrected chi connectivity index (χ0v) is 11.7. The molecule has 0 aliphatic carbocycles. The third kappa shape index (κ3) is 4.48. The summed E-state index contributed by atoms with van der Waals surface area (Å²) in [5.41, 5.74) is 5.87. The Balaban J connectivity index is 2.40. The highest BCUT2D eigenvalue weighted by atomic mass is 32.1. The van der Waals surface area contributed by atoms with Gasteiger partial charge in [0.1, 0.15) is 0 Å². The molecule has 0 atom stereocenters. The molecule has 4 heteroatoms. The van der Waals surface area contributed by atoms with Crippen LogP contribution in [-0.2, 0) is 11.2 Å². The van der Waals surface area contributed by atoms with Gasteiger partial charge in [0.15, 0.2) is 0 Å². The van der Waals surface area contributed by atoms with Crippen molar-refractivity contribution in [2.45, 2.75) is 45.6 Å². The number of nitrogens with one attached hydrogen (secondary N) is 1. The maximum Gasteiger partial charge on any atom is 0.225 e. The fourth-order valence-corrected chi connectivity index (χ4v) is 2.46. The number of rotatable bonds is 6. The van der Waals surface area contributed by atoms with E-state index < -0.39 is 0 Å². The Kier molecular flexibility index (Phi) is 5.15.